The van der Waals surface area contributed by atoms with E-state index in [4.69, 9.17) is 9.73 Å². The number of rotatable bonds is 5. The average molecular weight is 404 g/mol. The minimum atomic E-state index is -1.36. The van der Waals surface area contributed by atoms with Crippen LogP contribution >= 0.6 is 7.69 Å². The van der Waals surface area contributed by atoms with Gasteiger partial charge in [-0.25, -0.2) is 9.73 Å². The Labute approximate surface area is 162 Å². The Morgan fingerprint density at radius 3 is 2.00 bits per heavy atom. The van der Waals surface area contributed by atoms with Crippen molar-refractivity contribution in [3.63, 3.8) is 0 Å². The fourth-order valence-electron chi connectivity index (χ4n) is 4.54. The Morgan fingerprint density at radius 2 is 1.46 bits per heavy atom. The molecule has 0 aliphatic carbocycles. The molecule has 142 valence electrons. The fourth-order valence-corrected chi connectivity index (χ4v) is 23.3. The maximum absolute atomic E-state index is 5.38. The molecule has 1 unspecified atom stereocenters. The number of aromatic nitrogens is 2. The lowest BCUT2D eigenvalue weighted by atomic mass is 10.1. The molecule has 1 aromatic heterocycles. The van der Waals surface area contributed by atoms with E-state index in [1.165, 1.54) is 30.3 Å². The van der Waals surface area contributed by atoms with Crippen molar-refractivity contribution in [3.8, 4) is 11.0 Å². The third kappa shape index (κ3) is 4.32. The molecular formula is C20H34N3PSi2. The quantitative estimate of drug-likeness (QED) is 0.540. The lowest BCUT2D eigenvalue weighted by molar-refractivity contribution is 0.570. The number of anilines is 1. The first-order valence-corrected chi connectivity index (χ1v) is 18.5. The van der Waals surface area contributed by atoms with Crippen LogP contribution in [0.4, 0.5) is 5.95 Å². The van der Waals surface area contributed by atoms with Gasteiger partial charge in [-0.05, 0) is 19.3 Å². The minimum Gasteiger partial charge on any atom is -0.341 e. The van der Waals surface area contributed by atoms with Crippen LogP contribution in [0.25, 0.3) is 11.0 Å². The number of benzene rings is 1. The lowest BCUT2D eigenvalue weighted by Crippen LogP contribution is -2.43. The molecule has 6 heteroatoms. The average Bonchev–Trinajstić information content (AvgIpc) is 2.98. The molecule has 1 saturated heterocycles. The van der Waals surface area contributed by atoms with Crippen molar-refractivity contribution in [2.75, 3.05) is 18.0 Å². The van der Waals surface area contributed by atoms with E-state index < -0.39 is 23.8 Å². The standard InChI is InChI=1S/C20H34N3PSi2/c1-25(2,3)20(26(4,5)6)24-18(17-13-9-7-10-14-17)21-19(22-24)23-15-11-8-12-16-23/h7,9-10,13-14,20H,8,11-12,15-16H2,1-6H3. The highest BCUT2D eigenvalue weighted by Crippen LogP contribution is 2.55. The maximum atomic E-state index is 5.38. The van der Waals surface area contributed by atoms with Crippen LogP contribution in [0.5, 0.6) is 0 Å². The van der Waals surface area contributed by atoms with Crippen molar-refractivity contribution >= 4 is 29.8 Å². The fraction of sp³-hybridized carbons (Fsp3) is 0.600. The summed E-state index contributed by atoms with van der Waals surface area (Å²) in [5.41, 5.74) is 2.58. The van der Waals surface area contributed by atoms with Crippen LogP contribution in [-0.4, -0.2) is 39.0 Å². The monoisotopic (exact) mass is 403 g/mol. The number of nitrogens with zero attached hydrogens (tertiary/aromatic N) is 3. The second-order valence-electron chi connectivity index (χ2n) is 9.73. The van der Waals surface area contributed by atoms with Gasteiger partial charge in [-0.3, -0.25) is 0 Å². The van der Waals surface area contributed by atoms with Crippen LogP contribution in [0.3, 0.4) is 0 Å². The molecule has 26 heavy (non-hydrogen) atoms. The van der Waals surface area contributed by atoms with Gasteiger partial charge in [-0.15, -0.1) is 0 Å². The Kier molecular flexibility index (Phi) is 5.81. The van der Waals surface area contributed by atoms with Crippen molar-refractivity contribution < 1.29 is 0 Å². The van der Waals surface area contributed by atoms with Crippen LogP contribution in [0, 0.1) is 0 Å². The summed E-state index contributed by atoms with van der Waals surface area (Å²) >= 11 is 0. The summed E-state index contributed by atoms with van der Waals surface area (Å²) in [6, 6.07) is 10.8. The van der Waals surface area contributed by atoms with Gasteiger partial charge < -0.3 is 4.90 Å². The van der Waals surface area contributed by atoms with Gasteiger partial charge in [0.2, 0.25) is 5.95 Å². The van der Waals surface area contributed by atoms with Gasteiger partial charge >= 0.3 is 0 Å². The summed E-state index contributed by atoms with van der Waals surface area (Å²) < 4.78 is 5.38. The van der Waals surface area contributed by atoms with Crippen LogP contribution in [0.1, 0.15) is 24.2 Å². The van der Waals surface area contributed by atoms with Crippen molar-refractivity contribution in [2.24, 2.45) is 0 Å². The molecule has 1 aliphatic rings. The van der Waals surface area contributed by atoms with Crippen molar-refractivity contribution in [1.29, 1.82) is 0 Å². The molecule has 2 heterocycles. The van der Waals surface area contributed by atoms with Gasteiger partial charge in [0.1, 0.15) is 5.43 Å². The predicted molar refractivity (Wildman–Crippen MR) is 122 cm³/mol. The third-order valence-electron chi connectivity index (χ3n) is 5.18. The Morgan fingerprint density at radius 1 is 0.885 bits per heavy atom. The molecule has 0 amide bonds. The van der Waals surface area contributed by atoms with E-state index in [2.05, 4.69) is 74.5 Å². The summed E-state index contributed by atoms with van der Waals surface area (Å²) in [4.78, 5) is 8.38. The van der Waals surface area contributed by atoms with Crippen molar-refractivity contribution in [2.45, 2.75) is 63.5 Å². The Balaban J connectivity index is 2.13. The molecule has 1 atom stereocenters. The van der Waals surface area contributed by atoms with Gasteiger partial charge in [0.25, 0.3) is 0 Å². The highest BCUT2D eigenvalue weighted by atomic mass is 31.1. The number of hydrogen-bond donors (Lipinski definition) is 0. The van der Waals surface area contributed by atoms with E-state index in [1.807, 2.05) is 0 Å². The van der Waals surface area contributed by atoms with Gasteiger partial charge in [-0.1, -0.05) is 69.6 Å². The smallest absolute Gasteiger partial charge is 0.229 e. The van der Waals surface area contributed by atoms with Gasteiger partial charge in [0, 0.05) is 31.3 Å². The molecule has 0 N–H and O–H groups in total. The van der Waals surface area contributed by atoms with Crippen molar-refractivity contribution in [3.05, 3.63) is 30.3 Å². The van der Waals surface area contributed by atoms with Crippen LogP contribution in [0.2, 0.25) is 39.3 Å². The molecular weight excluding hydrogens is 369 g/mol. The first-order valence-electron chi connectivity index (χ1n) is 9.95. The summed E-state index contributed by atoms with van der Waals surface area (Å²) in [5.74, 6) is 1.04. The van der Waals surface area contributed by atoms with Crippen LogP contribution < -0.4 is 4.90 Å². The SMILES string of the molecule is C[Si](C)(C)C(p1nc(N2CCCCC2)nc1-c1ccccc1)[Si](C)(C)C. The zero-order valence-electron chi connectivity index (χ0n) is 17.3. The Hall–Kier alpha value is -0.906. The Bertz CT molecular complexity index is 712. The molecule has 3 nitrogen and oxygen atoms in total. The molecule has 2 aromatic rings. The van der Waals surface area contributed by atoms with E-state index in [-0.39, 0.29) is 0 Å². The zero-order chi connectivity index (χ0) is 18.9. The second-order valence-corrected chi connectivity index (χ2v) is 23.7. The van der Waals surface area contributed by atoms with Crippen LogP contribution in [-0.2, 0) is 0 Å². The predicted octanol–water partition coefficient (Wildman–Crippen LogP) is 6.42. The molecule has 0 radical (unpaired) electrons. The molecule has 1 aliphatic heterocycles. The van der Waals surface area contributed by atoms with Gasteiger partial charge in [-0.2, -0.15) is 0 Å². The third-order valence-corrected chi connectivity index (χ3v) is 21.4. The number of hydrogen-bond acceptors (Lipinski definition) is 3. The molecule has 0 saturated carbocycles. The lowest BCUT2D eigenvalue weighted by Gasteiger charge is -2.38. The molecule has 3 rings (SSSR count). The number of piperidine rings is 1. The van der Waals surface area contributed by atoms with E-state index in [1.54, 1.807) is 0 Å². The van der Waals surface area contributed by atoms with E-state index >= 15 is 0 Å². The molecule has 0 bridgehead atoms. The van der Waals surface area contributed by atoms with E-state index in [0.29, 0.717) is 0 Å². The largest absolute Gasteiger partial charge is 0.341 e. The zero-order valence-corrected chi connectivity index (χ0v) is 20.2. The maximum Gasteiger partial charge on any atom is 0.229 e. The summed E-state index contributed by atoms with van der Waals surface area (Å²) in [6.45, 7) is 17.5. The second kappa shape index (κ2) is 7.61. The molecule has 0 spiro atoms. The summed E-state index contributed by atoms with van der Waals surface area (Å²) in [5, 5.41) is 0. The highest BCUT2D eigenvalue weighted by molar-refractivity contribution is 7.56. The first-order chi connectivity index (χ1) is 12.2. The normalized spacial score (nSPS) is 17.0. The van der Waals surface area contributed by atoms with E-state index in [9.17, 15) is 0 Å². The van der Waals surface area contributed by atoms with Crippen molar-refractivity contribution in [1.82, 2.24) is 9.73 Å². The highest BCUT2D eigenvalue weighted by Gasteiger charge is 2.42. The summed E-state index contributed by atoms with van der Waals surface area (Å²) in [7, 11) is -3.28. The topological polar surface area (TPSA) is 29.0 Å². The molecule has 1 aromatic carbocycles. The summed E-state index contributed by atoms with van der Waals surface area (Å²) in [6.07, 6.45) is 3.90. The van der Waals surface area contributed by atoms with Gasteiger partial charge in [0.15, 0.2) is 0 Å². The van der Waals surface area contributed by atoms with Crippen LogP contribution in [0.15, 0.2) is 30.3 Å². The first kappa shape index (κ1) is 19.8. The molecule has 1 fully saturated rings. The minimum absolute atomic E-state index is 0.569. The van der Waals surface area contributed by atoms with E-state index in [0.717, 1.165) is 23.9 Å². The van der Waals surface area contributed by atoms with Gasteiger partial charge in [0.05, 0.1) is 16.1 Å².